The van der Waals surface area contributed by atoms with Crippen molar-refractivity contribution in [2.45, 2.75) is 12.8 Å². The van der Waals surface area contributed by atoms with Crippen molar-refractivity contribution >= 4 is 39.3 Å². The minimum atomic E-state index is -1.70. The molecule has 0 atom stereocenters. The summed E-state index contributed by atoms with van der Waals surface area (Å²) in [5, 5.41) is 10.00. The molecule has 0 spiro atoms. The van der Waals surface area contributed by atoms with Crippen molar-refractivity contribution in [3.63, 3.8) is 0 Å². The van der Waals surface area contributed by atoms with Crippen molar-refractivity contribution in [1.29, 1.82) is 0 Å². The summed E-state index contributed by atoms with van der Waals surface area (Å²) < 4.78 is 0. The first-order valence-electron chi connectivity index (χ1n) is 9.20. The van der Waals surface area contributed by atoms with E-state index >= 15 is 0 Å². The number of aromatic amines is 1. The maximum absolute atomic E-state index is 12.8. The quantitative estimate of drug-likeness (QED) is 0.292. The molecule has 0 aliphatic carbocycles. The smallest absolute Gasteiger partial charge is 0.372 e. The van der Waals surface area contributed by atoms with E-state index in [0.29, 0.717) is 17.3 Å². The Morgan fingerprint density at radius 1 is 1.00 bits per heavy atom. The molecule has 2 aromatic heterocycles. The van der Waals surface area contributed by atoms with Gasteiger partial charge in [0.05, 0.1) is 17.5 Å². The zero-order valence-corrected chi connectivity index (χ0v) is 15.7. The van der Waals surface area contributed by atoms with E-state index in [1.165, 1.54) is 6.20 Å². The van der Waals surface area contributed by atoms with E-state index in [2.05, 4.69) is 9.97 Å². The van der Waals surface area contributed by atoms with Crippen molar-refractivity contribution in [3.8, 4) is 0 Å². The van der Waals surface area contributed by atoms with E-state index in [9.17, 15) is 19.2 Å². The predicted octanol–water partition coefficient (Wildman–Crippen LogP) is 2.89. The van der Waals surface area contributed by atoms with E-state index in [4.69, 9.17) is 5.11 Å². The van der Waals surface area contributed by atoms with Crippen molar-refractivity contribution in [2.24, 2.45) is 0 Å². The number of H-pyrrole nitrogens is 1. The summed E-state index contributed by atoms with van der Waals surface area (Å²) in [5.41, 5.74) is 2.31. The van der Waals surface area contributed by atoms with Crippen LogP contribution in [0.25, 0.3) is 21.8 Å². The number of nitrogens with one attached hydrogen (secondary N) is 1. The standard InChI is InChI=1S/C23H16N2O5/c26-20(11-21(27)23(29)30)17-12-24-19-8-5-13(10-16(19)22(17)28)9-15-7-6-14-3-1-2-4-18(14)25-15/h1-8,10,12H,9,11H2,(H,24,28)(H,29,30). The number of Topliss-reactive ketones (excluding diaryl/α,β-unsaturated/α-hetero) is 2. The summed E-state index contributed by atoms with van der Waals surface area (Å²) in [7, 11) is 0. The summed E-state index contributed by atoms with van der Waals surface area (Å²) in [4.78, 5) is 54.5. The summed E-state index contributed by atoms with van der Waals surface area (Å²) in [6.07, 6.45) is 0.854. The maximum atomic E-state index is 12.8. The number of aromatic nitrogens is 2. The first kappa shape index (κ1) is 19.2. The number of nitrogens with zero attached hydrogens (tertiary/aromatic N) is 1. The Labute approximate surface area is 170 Å². The van der Waals surface area contributed by atoms with E-state index in [1.807, 2.05) is 42.5 Å². The second-order valence-electron chi connectivity index (χ2n) is 6.91. The molecule has 2 N–H and O–H groups in total. The molecule has 7 heteroatoms. The van der Waals surface area contributed by atoms with E-state index in [-0.39, 0.29) is 5.56 Å². The number of carboxylic acids is 1. The van der Waals surface area contributed by atoms with E-state index in [0.717, 1.165) is 22.2 Å². The highest BCUT2D eigenvalue weighted by Crippen LogP contribution is 2.17. The van der Waals surface area contributed by atoms with Gasteiger partial charge in [-0.1, -0.05) is 30.3 Å². The molecule has 4 rings (SSSR count). The number of para-hydroxylation sites is 1. The first-order chi connectivity index (χ1) is 14.4. The highest BCUT2D eigenvalue weighted by molar-refractivity contribution is 6.37. The van der Waals surface area contributed by atoms with Crippen LogP contribution in [-0.2, 0) is 16.0 Å². The molecule has 4 aromatic rings. The van der Waals surface area contributed by atoms with Crippen LogP contribution < -0.4 is 5.43 Å². The van der Waals surface area contributed by atoms with Crippen LogP contribution in [0.4, 0.5) is 0 Å². The SMILES string of the molecule is O=C(O)C(=O)CC(=O)c1c[nH]c2ccc(Cc3ccc4ccccc4n3)cc2c1=O. The summed E-state index contributed by atoms with van der Waals surface area (Å²) >= 11 is 0. The number of pyridine rings is 2. The molecule has 2 aromatic carbocycles. The Morgan fingerprint density at radius 2 is 1.80 bits per heavy atom. The molecule has 0 saturated carbocycles. The number of aliphatic carboxylic acids is 1. The van der Waals surface area contributed by atoms with Crippen LogP contribution in [0.15, 0.2) is 65.6 Å². The maximum Gasteiger partial charge on any atom is 0.372 e. The van der Waals surface area contributed by atoms with Crippen molar-refractivity contribution in [1.82, 2.24) is 9.97 Å². The van der Waals surface area contributed by atoms with Gasteiger partial charge in [-0.2, -0.15) is 0 Å². The number of benzene rings is 2. The molecule has 0 saturated heterocycles. The number of carbonyl (C=O) groups is 3. The largest absolute Gasteiger partial charge is 0.475 e. The van der Waals surface area contributed by atoms with Gasteiger partial charge < -0.3 is 10.1 Å². The van der Waals surface area contributed by atoms with Gasteiger partial charge in [0.1, 0.15) is 0 Å². The Morgan fingerprint density at radius 3 is 2.60 bits per heavy atom. The van der Waals surface area contributed by atoms with Gasteiger partial charge in [-0.3, -0.25) is 19.4 Å². The molecule has 0 aliphatic rings. The average Bonchev–Trinajstić information content (AvgIpc) is 2.74. The molecule has 0 amide bonds. The molecule has 2 heterocycles. The average molecular weight is 400 g/mol. The number of hydrogen-bond acceptors (Lipinski definition) is 5. The van der Waals surface area contributed by atoms with Crippen LogP contribution in [0.2, 0.25) is 0 Å². The van der Waals surface area contributed by atoms with E-state index in [1.54, 1.807) is 12.1 Å². The molecule has 30 heavy (non-hydrogen) atoms. The number of fused-ring (bicyclic) bond motifs is 2. The van der Waals surface area contributed by atoms with Crippen LogP contribution >= 0.6 is 0 Å². The van der Waals surface area contributed by atoms with Gasteiger partial charge >= 0.3 is 5.97 Å². The van der Waals surface area contributed by atoms with Gasteiger partial charge in [0.25, 0.3) is 0 Å². The minimum absolute atomic E-state index is 0.238. The minimum Gasteiger partial charge on any atom is -0.475 e. The lowest BCUT2D eigenvalue weighted by molar-refractivity contribution is -0.148. The Kier molecular flexibility index (Phi) is 4.93. The highest BCUT2D eigenvalue weighted by atomic mass is 16.4. The van der Waals surface area contributed by atoms with Gasteiger partial charge in [-0.05, 0) is 29.8 Å². The fourth-order valence-electron chi connectivity index (χ4n) is 3.32. The summed E-state index contributed by atoms with van der Waals surface area (Å²) in [6.45, 7) is 0. The monoisotopic (exact) mass is 400 g/mol. The third-order valence-electron chi connectivity index (χ3n) is 4.85. The van der Waals surface area contributed by atoms with Crippen molar-refractivity contribution < 1.29 is 19.5 Å². The first-order valence-corrected chi connectivity index (χ1v) is 9.20. The van der Waals surface area contributed by atoms with Crippen LogP contribution in [0.3, 0.4) is 0 Å². The Hall–Kier alpha value is -4.13. The second-order valence-corrected chi connectivity index (χ2v) is 6.91. The van der Waals surface area contributed by atoms with Crippen LogP contribution in [-0.4, -0.2) is 32.6 Å². The van der Waals surface area contributed by atoms with Crippen LogP contribution in [0.1, 0.15) is 28.0 Å². The molecule has 0 radical (unpaired) electrons. The third kappa shape index (κ3) is 3.73. The molecule has 0 unspecified atom stereocenters. The normalized spacial score (nSPS) is 10.9. The number of carbonyl (C=O) groups excluding carboxylic acids is 2. The molecule has 0 bridgehead atoms. The lowest BCUT2D eigenvalue weighted by atomic mass is 10.0. The Balaban J connectivity index is 1.67. The fourth-order valence-corrected chi connectivity index (χ4v) is 3.32. The zero-order valence-electron chi connectivity index (χ0n) is 15.7. The molecular formula is C23H16N2O5. The Bertz CT molecular complexity index is 1390. The second kappa shape index (κ2) is 7.71. The lowest BCUT2D eigenvalue weighted by Gasteiger charge is -2.06. The zero-order chi connectivity index (χ0) is 21.3. The number of ketones is 2. The summed E-state index contributed by atoms with van der Waals surface area (Å²) in [6, 6.07) is 17.0. The fraction of sp³-hybridized carbons (Fsp3) is 0.0870. The van der Waals surface area contributed by atoms with Gasteiger partial charge in [-0.15, -0.1) is 0 Å². The molecular weight excluding hydrogens is 384 g/mol. The van der Waals surface area contributed by atoms with Gasteiger partial charge in [-0.25, -0.2) is 4.79 Å². The van der Waals surface area contributed by atoms with Crippen LogP contribution in [0.5, 0.6) is 0 Å². The summed E-state index contributed by atoms with van der Waals surface area (Å²) in [5.74, 6) is -3.78. The highest BCUT2D eigenvalue weighted by Gasteiger charge is 2.20. The van der Waals surface area contributed by atoms with Crippen LogP contribution in [0, 0.1) is 0 Å². The number of hydrogen-bond donors (Lipinski definition) is 2. The predicted molar refractivity (Wildman–Crippen MR) is 111 cm³/mol. The molecule has 0 aliphatic heterocycles. The topological polar surface area (TPSA) is 117 Å². The number of rotatable bonds is 6. The molecule has 7 nitrogen and oxygen atoms in total. The molecule has 148 valence electrons. The van der Waals surface area contributed by atoms with Gasteiger partial charge in [0.15, 0.2) is 11.2 Å². The number of carboxylic acid groups (broad SMARTS) is 1. The molecule has 0 fully saturated rings. The van der Waals surface area contributed by atoms with Crippen molar-refractivity contribution in [3.05, 3.63) is 87.8 Å². The third-order valence-corrected chi connectivity index (χ3v) is 4.85. The van der Waals surface area contributed by atoms with Gasteiger partial charge in [0, 0.05) is 34.6 Å². The lowest BCUT2D eigenvalue weighted by Crippen LogP contribution is -2.22. The van der Waals surface area contributed by atoms with Crippen molar-refractivity contribution in [2.75, 3.05) is 0 Å². The van der Waals surface area contributed by atoms with E-state index < -0.39 is 29.4 Å². The van der Waals surface area contributed by atoms with Gasteiger partial charge in [0.2, 0.25) is 5.78 Å².